The number of piperidine rings is 1. The van der Waals surface area contributed by atoms with Crippen molar-refractivity contribution in [2.45, 2.75) is 87.2 Å². The van der Waals surface area contributed by atoms with Crippen molar-refractivity contribution in [2.24, 2.45) is 5.41 Å². The van der Waals surface area contributed by atoms with E-state index in [1.807, 2.05) is 24.3 Å². The Labute approximate surface area is 358 Å². The number of anilines is 3. The molecule has 5 aromatic rings. The number of hydrogen-bond donors (Lipinski definition) is 4. The molecule has 0 radical (unpaired) electrons. The quantitative estimate of drug-likeness (QED) is 0.108. The molecule has 320 valence electrons. The molecule has 3 aromatic carbocycles. The maximum atomic E-state index is 14.0. The predicted octanol–water partition coefficient (Wildman–Crippen LogP) is 7.64. The maximum absolute atomic E-state index is 14.0. The summed E-state index contributed by atoms with van der Waals surface area (Å²) in [5.74, 6) is 0.682. The van der Waals surface area contributed by atoms with E-state index in [9.17, 15) is 13.2 Å². The van der Waals surface area contributed by atoms with Gasteiger partial charge in [0.15, 0.2) is 0 Å². The van der Waals surface area contributed by atoms with Gasteiger partial charge in [0.2, 0.25) is 0 Å². The van der Waals surface area contributed by atoms with Crippen molar-refractivity contribution in [1.29, 1.82) is 0 Å². The largest absolute Gasteiger partial charge is 0.489 e. The highest BCUT2D eigenvalue weighted by Crippen LogP contribution is 2.54. The Kier molecular flexibility index (Phi) is 9.95. The van der Waals surface area contributed by atoms with Gasteiger partial charge < -0.3 is 35.3 Å². The number of likely N-dealkylation sites (N-methyl/N-ethyl adjacent to an activating group) is 1. The number of nitrogen functional groups attached to an aromatic ring is 1. The minimum atomic E-state index is -4.37. The second kappa shape index (κ2) is 15.2. The summed E-state index contributed by atoms with van der Waals surface area (Å²) < 4.78 is 42.5. The molecule has 14 heteroatoms. The lowest BCUT2D eigenvalue weighted by molar-refractivity contribution is -0.0227. The van der Waals surface area contributed by atoms with Crippen LogP contribution >= 0.6 is 0 Å². The third-order valence-electron chi connectivity index (χ3n) is 14.2. The van der Waals surface area contributed by atoms with E-state index in [-0.39, 0.29) is 27.4 Å². The van der Waals surface area contributed by atoms with E-state index in [4.69, 9.17) is 15.2 Å². The number of benzene rings is 3. The highest BCUT2D eigenvalue weighted by Gasteiger charge is 2.50. The molecule has 13 nitrogen and oxygen atoms in total. The second-order valence-corrected chi connectivity index (χ2v) is 20.3. The highest BCUT2D eigenvalue weighted by atomic mass is 32.2. The average Bonchev–Trinajstić information content (AvgIpc) is 4.00. The number of nitrogens with two attached hydrogens (primary N) is 1. The third kappa shape index (κ3) is 7.46. The number of rotatable bonds is 9. The molecular weight excluding hydrogens is 789 g/mol. The number of aromatic amines is 1. The number of aromatic nitrogens is 2. The first-order valence-corrected chi connectivity index (χ1v) is 23.3. The van der Waals surface area contributed by atoms with Crippen LogP contribution in [0, 0.1) is 5.41 Å². The average molecular weight is 845 g/mol. The SMILES string of the molecule is CC(C)c1ccccc1[C@@H]1CCCN1C1CC2(CCN(c3ccc(C(=O)NS(=O)(=O)c4cc(N)c5c(c4)OCC4(CCN(C)C4)N5)c(Oc4cnc5[nH]ccc5c4)c3)CC2)C1. The zero-order chi connectivity index (χ0) is 42.1. The molecule has 10 rings (SSSR count). The first kappa shape index (κ1) is 39.8. The van der Waals surface area contributed by atoms with Crippen LogP contribution in [0.5, 0.6) is 17.2 Å². The fourth-order valence-corrected chi connectivity index (χ4v) is 11.9. The van der Waals surface area contributed by atoms with Gasteiger partial charge in [0.1, 0.15) is 35.2 Å². The van der Waals surface area contributed by atoms with Crippen molar-refractivity contribution in [3.63, 3.8) is 0 Å². The van der Waals surface area contributed by atoms with Gasteiger partial charge in [0, 0.05) is 67.7 Å². The van der Waals surface area contributed by atoms with Gasteiger partial charge in [-0.15, -0.1) is 0 Å². The number of fused-ring (bicyclic) bond motifs is 2. The summed E-state index contributed by atoms with van der Waals surface area (Å²) in [7, 11) is -2.31. The fraction of sp³-hybridized carbons (Fsp3) is 0.447. The Morgan fingerprint density at radius 2 is 1.84 bits per heavy atom. The van der Waals surface area contributed by atoms with Crippen LogP contribution in [0.15, 0.2) is 84.0 Å². The molecule has 4 aliphatic heterocycles. The highest BCUT2D eigenvalue weighted by molar-refractivity contribution is 7.90. The van der Waals surface area contributed by atoms with Gasteiger partial charge in [-0.25, -0.2) is 18.1 Å². The molecule has 1 amide bonds. The molecule has 1 aliphatic carbocycles. The molecule has 3 saturated heterocycles. The Hall–Kier alpha value is -5.31. The van der Waals surface area contributed by atoms with Gasteiger partial charge in [0.25, 0.3) is 15.9 Å². The zero-order valence-electron chi connectivity index (χ0n) is 35.2. The summed E-state index contributed by atoms with van der Waals surface area (Å²) in [5, 5.41) is 4.37. The van der Waals surface area contributed by atoms with E-state index < -0.39 is 15.9 Å². The standard InChI is InChI=1S/C47H56N8O5S/c1-30(2)36-7-4-5-8-37(36)40-9-6-17-55(40)33-25-46(26-33)13-19-54(20-14-46)32-10-11-38(41(22-32)60-34-21-31-12-16-49-44(31)50-27-34)45(56)52-61(57,58)35-23-39(48)43-42(24-35)59-29-47(51-43)15-18-53(3)28-47/h4-5,7-8,10-12,16,21-24,27,30,33,40,51H,6,9,13-15,17-20,25-26,28-29,48H2,1-3H3,(H,49,50)(H,52,56)/t40-,47?/m0/s1. The van der Waals surface area contributed by atoms with Gasteiger partial charge in [0.05, 0.1) is 27.9 Å². The van der Waals surface area contributed by atoms with Crippen molar-refractivity contribution in [1.82, 2.24) is 24.5 Å². The number of ether oxygens (including phenoxy) is 2. The Morgan fingerprint density at radius 3 is 2.62 bits per heavy atom. The molecule has 5 aliphatic rings. The summed E-state index contributed by atoms with van der Waals surface area (Å²) >= 11 is 0. The number of carbonyl (C=O) groups is 1. The predicted molar refractivity (Wildman–Crippen MR) is 238 cm³/mol. The number of sulfonamides is 1. The second-order valence-electron chi connectivity index (χ2n) is 18.6. The number of nitrogens with one attached hydrogen (secondary N) is 3. The number of H-pyrrole nitrogens is 1. The van der Waals surface area contributed by atoms with E-state index in [1.54, 1.807) is 18.5 Å². The molecule has 1 unspecified atom stereocenters. The topological polar surface area (TPSA) is 158 Å². The minimum absolute atomic E-state index is 0.0761. The van der Waals surface area contributed by atoms with Crippen LogP contribution in [-0.4, -0.2) is 92.1 Å². The van der Waals surface area contributed by atoms with E-state index >= 15 is 0 Å². The summed E-state index contributed by atoms with van der Waals surface area (Å²) in [6.45, 7) is 9.63. The van der Waals surface area contributed by atoms with Gasteiger partial charge in [-0.05, 0) is 111 Å². The smallest absolute Gasteiger partial charge is 0.268 e. The first-order chi connectivity index (χ1) is 29.4. The number of likely N-dealkylation sites (tertiary alicyclic amines) is 2. The van der Waals surface area contributed by atoms with Crippen molar-refractivity contribution in [3.8, 4) is 17.2 Å². The molecule has 5 N–H and O–H groups in total. The van der Waals surface area contributed by atoms with Crippen LogP contribution in [0.25, 0.3) is 11.0 Å². The number of pyridine rings is 1. The normalized spacial score (nSPS) is 23.0. The molecule has 2 spiro atoms. The van der Waals surface area contributed by atoms with Crippen LogP contribution in [-0.2, 0) is 10.0 Å². The molecule has 4 fully saturated rings. The van der Waals surface area contributed by atoms with E-state index in [2.05, 4.69) is 79.9 Å². The first-order valence-electron chi connectivity index (χ1n) is 21.8. The molecule has 2 aromatic heterocycles. The van der Waals surface area contributed by atoms with Gasteiger partial charge >= 0.3 is 0 Å². The van der Waals surface area contributed by atoms with Crippen LogP contribution < -0.4 is 30.1 Å². The van der Waals surface area contributed by atoms with Crippen LogP contribution in [0.2, 0.25) is 0 Å². The van der Waals surface area contributed by atoms with Crippen LogP contribution in [0.3, 0.4) is 0 Å². The lowest BCUT2D eigenvalue weighted by atomic mass is 9.59. The summed E-state index contributed by atoms with van der Waals surface area (Å²) in [4.78, 5) is 28.8. The van der Waals surface area contributed by atoms with Crippen LogP contribution in [0.1, 0.15) is 92.2 Å². The summed E-state index contributed by atoms with van der Waals surface area (Å²) in [6.07, 6.45) is 11.4. The number of hydrogen-bond acceptors (Lipinski definition) is 11. The lowest BCUT2D eigenvalue weighted by Gasteiger charge is -2.56. The summed E-state index contributed by atoms with van der Waals surface area (Å²) in [5.41, 5.74) is 12.0. The summed E-state index contributed by atoms with van der Waals surface area (Å²) in [6, 6.07) is 22.1. The lowest BCUT2D eigenvalue weighted by Crippen LogP contribution is -2.54. The molecule has 0 bridgehead atoms. The van der Waals surface area contributed by atoms with Gasteiger partial charge in [-0.3, -0.25) is 9.69 Å². The molecule has 6 heterocycles. The number of carbonyl (C=O) groups excluding carboxylic acids is 1. The van der Waals surface area contributed by atoms with Crippen molar-refractivity contribution in [3.05, 3.63) is 95.8 Å². The van der Waals surface area contributed by atoms with Gasteiger partial charge in [-0.1, -0.05) is 38.1 Å². The van der Waals surface area contributed by atoms with Crippen molar-refractivity contribution in [2.75, 3.05) is 62.3 Å². The van der Waals surface area contributed by atoms with E-state index in [0.717, 1.165) is 56.5 Å². The molecule has 2 atom stereocenters. The number of amides is 1. The molecular formula is C47H56N8O5S. The van der Waals surface area contributed by atoms with E-state index in [0.29, 0.717) is 52.9 Å². The van der Waals surface area contributed by atoms with E-state index in [1.165, 1.54) is 55.5 Å². The van der Waals surface area contributed by atoms with Crippen molar-refractivity contribution >= 4 is 44.0 Å². The zero-order valence-corrected chi connectivity index (χ0v) is 36.1. The fourth-order valence-electron chi connectivity index (χ4n) is 10.9. The third-order valence-corrected chi connectivity index (χ3v) is 15.5. The van der Waals surface area contributed by atoms with Crippen molar-refractivity contribution < 1.29 is 22.7 Å². The monoisotopic (exact) mass is 844 g/mol. The minimum Gasteiger partial charge on any atom is -0.489 e. The maximum Gasteiger partial charge on any atom is 0.268 e. The molecule has 61 heavy (non-hydrogen) atoms. The Balaban J connectivity index is 0.854. The van der Waals surface area contributed by atoms with Crippen LogP contribution in [0.4, 0.5) is 17.1 Å². The Morgan fingerprint density at radius 1 is 1.02 bits per heavy atom. The number of nitrogens with zero attached hydrogens (tertiary/aromatic N) is 4. The Bertz CT molecular complexity index is 2600. The molecule has 1 saturated carbocycles. The van der Waals surface area contributed by atoms with Gasteiger partial charge in [-0.2, -0.15) is 0 Å².